The maximum absolute atomic E-state index is 12.9. The van der Waals surface area contributed by atoms with Gasteiger partial charge < -0.3 is 30.7 Å². The number of aromatic nitrogens is 7. The molecule has 0 unspecified atom stereocenters. The molecule has 0 radical (unpaired) electrons. The number of pyridine rings is 2. The summed E-state index contributed by atoms with van der Waals surface area (Å²) in [6, 6.07) is 16.7. The maximum atomic E-state index is 12.9. The smallest absolute Gasteiger partial charge is 0.263 e. The van der Waals surface area contributed by atoms with Crippen LogP contribution < -0.4 is 26.8 Å². The Hall–Kier alpha value is -5.63. The second kappa shape index (κ2) is 13.3. The van der Waals surface area contributed by atoms with Crippen molar-refractivity contribution < 1.29 is 4.79 Å². The highest BCUT2D eigenvalue weighted by molar-refractivity contribution is 5.93. The number of piperazine rings is 1. The second-order valence-corrected chi connectivity index (χ2v) is 10.7. The molecule has 5 heterocycles. The Bertz CT molecular complexity index is 1810. The van der Waals surface area contributed by atoms with Crippen LogP contribution in [0, 0.1) is 0 Å². The van der Waals surface area contributed by atoms with E-state index in [0.717, 1.165) is 37.4 Å². The third-order valence-corrected chi connectivity index (χ3v) is 7.51. The molecule has 1 saturated heterocycles. The lowest BCUT2D eigenvalue weighted by Gasteiger charge is -2.34. The second-order valence-electron chi connectivity index (χ2n) is 10.7. The van der Waals surface area contributed by atoms with E-state index in [1.54, 1.807) is 43.0 Å². The molecule has 1 aliphatic rings. The van der Waals surface area contributed by atoms with Gasteiger partial charge in [0.25, 0.3) is 11.5 Å². The molecule has 14 nitrogen and oxygen atoms in total. The lowest BCUT2D eigenvalue weighted by Crippen LogP contribution is -2.44. The number of nitrogens with one attached hydrogen (secondary N) is 2. The molecule has 4 aromatic heterocycles. The van der Waals surface area contributed by atoms with E-state index in [1.807, 2.05) is 18.2 Å². The van der Waals surface area contributed by atoms with Crippen molar-refractivity contribution in [1.82, 2.24) is 44.5 Å². The van der Waals surface area contributed by atoms with E-state index in [-0.39, 0.29) is 23.6 Å². The highest BCUT2D eigenvalue weighted by atomic mass is 16.2. The van der Waals surface area contributed by atoms with Crippen LogP contribution in [0.1, 0.15) is 21.7 Å². The van der Waals surface area contributed by atoms with Crippen LogP contribution >= 0.6 is 0 Å². The lowest BCUT2D eigenvalue weighted by molar-refractivity contribution is 0.0952. The zero-order chi connectivity index (χ0) is 31.2. The van der Waals surface area contributed by atoms with Crippen LogP contribution in [0.2, 0.25) is 0 Å². The summed E-state index contributed by atoms with van der Waals surface area (Å²) >= 11 is 0. The van der Waals surface area contributed by atoms with E-state index in [1.165, 1.54) is 21.0 Å². The van der Waals surface area contributed by atoms with Crippen LogP contribution in [0.3, 0.4) is 0 Å². The molecule has 6 rings (SSSR count). The fourth-order valence-corrected chi connectivity index (χ4v) is 5.03. The van der Waals surface area contributed by atoms with Gasteiger partial charge in [-0.2, -0.15) is 9.67 Å². The molecule has 0 atom stereocenters. The molecule has 5 aromatic rings. The fourth-order valence-electron chi connectivity index (χ4n) is 5.03. The van der Waals surface area contributed by atoms with Gasteiger partial charge in [-0.25, -0.2) is 9.97 Å². The minimum Gasteiger partial charge on any atom is -0.369 e. The van der Waals surface area contributed by atoms with Gasteiger partial charge in [0.2, 0.25) is 11.9 Å². The summed E-state index contributed by atoms with van der Waals surface area (Å²) in [6.07, 6.45) is 6.92. The van der Waals surface area contributed by atoms with Crippen molar-refractivity contribution in [3.8, 4) is 5.82 Å². The van der Waals surface area contributed by atoms with E-state index >= 15 is 0 Å². The maximum Gasteiger partial charge on any atom is 0.263 e. The topological polar surface area (TPSA) is 165 Å². The number of benzene rings is 1. The first-order chi connectivity index (χ1) is 21.9. The normalized spacial score (nSPS) is 13.5. The molecule has 14 heteroatoms. The number of likely N-dealkylation sites (N-methyl/N-ethyl adjacent to an activating group) is 1. The molecule has 0 bridgehead atoms. The SMILES string of the molecule is CN1CCN(c2ccc(Nc3nc(N)n(-c4ccnc(CCNC(=O)c5cccn(Cc6cccnc6)c5=O)n4)n3)cc2)CC1. The van der Waals surface area contributed by atoms with Gasteiger partial charge in [0, 0.05) is 81.4 Å². The summed E-state index contributed by atoms with van der Waals surface area (Å²) in [5, 5.41) is 10.5. The van der Waals surface area contributed by atoms with Crippen LogP contribution in [0.15, 0.2) is 84.2 Å². The first-order valence-corrected chi connectivity index (χ1v) is 14.6. The van der Waals surface area contributed by atoms with Crippen molar-refractivity contribution in [2.75, 3.05) is 55.7 Å². The Balaban J connectivity index is 1.05. The third kappa shape index (κ3) is 7.13. The molecule has 45 heavy (non-hydrogen) atoms. The summed E-state index contributed by atoms with van der Waals surface area (Å²) < 4.78 is 2.91. The van der Waals surface area contributed by atoms with Crippen LogP contribution in [0.25, 0.3) is 5.82 Å². The predicted octanol–water partition coefficient (Wildman–Crippen LogP) is 1.71. The highest BCUT2D eigenvalue weighted by Gasteiger charge is 2.16. The van der Waals surface area contributed by atoms with E-state index in [4.69, 9.17) is 5.73 Å². The number of hydrogen-bond acceptors (Lipinski definition) is 11. The van der Waals surface area contributed by atoms with Crippen LogP contribution in [0.4, 0.5) is 23.3 Å². The Kier molecular flexibility index (Phi) is 8.73. The molecular formula is C31H34N12O2. The Morgan fingerprint density at radius 3 is 2.58 bits per heavy atom. The first kappa shape index (κ1) is 29.4. The van der Waals surface area contributed by atoms with Crippen LogP contribution in [0.5, 0.6) is 0 Å². The summed E-state index contributed by atoms with van der Waals surface area (Å²) in [5.41, 5.74) is 8.73. The van der Waals surface area contributed by atoms with Gasteiger partial charge in [-0.3, -0.25) is 14.6 Å². The van der Waals surface area contributed by atoms with E-state index in [9.17, 15) is 9.59 Å². The quantitative estimate of drug-likeness (QED) is 0.212. The molecule has 1 aliphatic heterocycles. The number of nitrogens with zero attached hydrogens (tertiary/aromatic N) is 9. The minimum atomic E-state index is -0.468. The van der Waals surface area contributed by atoms with E-state index < -0.39 is 5.91 Å². The number of amides is 1. The molecule has 0 aliphatic carbocycles. The van der Waals surface area contributed by atoms with Crippen molar-refractivity contribution in [3.63, 3.8) is 0 Å². The highest BCUT2D eigenvalue weighted by Crippen LogP contribution is 2.22. The summed E-state index contributed by atoms with van der Waals surface area (Å²) in [4.78, 5) is 47.7. The molecule has 1 amide bonds. The van der Waals surface area contributed by atoms with Crippen molar-refractivity contribution >= 4 is 29.2 Å². The van der Waals surface area contributed by atoms with Gasteiger partial charge in [0.05, 0.1) is 6.54 Å². The molecule has 1 fully saturated rings. The number of anilines is 4. The zero-order valence-corrected chi connectivity index (χ0v) is 24.9. The first-order valence-electron chi connectivity index (χ1n) is 14.6. The van der Waals surface area contributed by atoms with Gasteiger partial charge in [0.15, 0.2) is 5.82 Å². The summed E-state index contributed by atoms with van der Waals surface area (Å²) in [5.74, 6) is 0.944. The van der Waals surface area contributed by atoms with Gasteiger partial charge in [-0.05, 0) is 55.1 Å². The van der Waals surface area contributed by atoms with Gasteiger partial charge in [0.1, 0.15) is 11.4 Å². The number of carbonyl (C=O) groups excluding carboxylic acids is 1. The van der Waals surface area contributed by atoms with E-state index in [0.29, 0.717) is 30.6 Å². The number of rotatable bonds is 10. The van der Waals surface area contributed by atoms with Crippen molar-refractivity contribution in [2.24, 2.45) is 0 Å². The zero-order valence-electron chi connectivity index (χ0n) is 24.9. The lowest BCUT2D eigenvalue weighted by atomic mass is 10.2. The van der Waals surface area contributed by atoms with Crippen molar-refractivity contribution in [1.29, 1.82) is 0 Å². The number of hydrogen-bond donors (Lipinski definition) is 3. The van der Waals surface area contributed by atoms with Gasteiger partial charge in [-0.15, -0.1) is 5.10 Å². The minimum absolute atomic E-state index is 0.0560. The van der Waals surface area contributed by atoms with Gasteiger partial charge in [-0.1, -0.05) is 6.07 Å². The monoisotopic (exact) mass is 606 g/mol. The largest absolute Gasteiger partial charge is 0.369 e. The van der Waals surface area contributed by atoms with Crippen molar-refractivity contribution in [3.05, 3.63) is 107 Å². The fraction of sp³-hybridized carbons (Fsp3) is 0.258. The molecule has 0 saturated carbocycles. The van der Waals surface area contributed by atoms with Crippen LogP contribution in [-0.2, 0) is 13.0 Å². The van der Waals surface area contributed by atoms with Crippen molar-refractivity contribution in [2.45, 2.75) is 13.0 Å². The molecule has 4 N–H and O–H groups in total. The van der Waals surface area contributed by atoms with Gasteiger partial charge >= 0.3 is 0 Å². The molecule has 230 valence electrons. The standard InChI is InChI=1S/C31H34N12O2/c1-40-16-18-41(19-17-40)24-8-6-23(7-9-24)36-31-38-30(32)43(39-31)27-11-14-34-26(37-27)10-13-35-28(44)25-5-3-15-42(29(25)45)21-22-4-2-12-33-20-22/h2-9,11-12,14-15,20H,10,13,16-19,21H2,1H3,(H,35,44)(H3,32,36,38,39). The molecule has 1 aromatic carbocycles. The Labute approximate surface area is 259 Å². The van der Waals surface area contributed by atoms with Crippen LogP contribution in [-0.4, -0.2) is 84.9 Å². The average Bonchev–Trinajstić information content (AvgIpc) is 3.43. The average molecular weight is 607 g/mol. The number of nitrogen functional groups attached to an aromatic ring is 1. The number of nitrogens with two attached hydrogens (primary N) is 1. The predicted molar refractivity (Wildman–Crippen MR) is 171 cm³/mol. The Morgan fingerprint density at radius 2 is 1.80 bits per heavy atom. The molecular weight excluding hydrogens is 572 g/mol. The van der Waals surface area contributed by atoms with E-state index in [2.05, 4.69) is 64.6 Å². The summed E-state index contributed by atoms with van der Waals surface area (Å²) in [6.45, 7) is 4.64. The number of carbonyl (C=O) groups is 1. The Morgan fingerprint density at radius 1 is 0.978 bits per heavy atom. The third-order valence-electron chi connectivity index (χ3n) is 7.51. The summed E-state index contributed by atoms with van der Waals surface area (Å²) in [7, 11) is 2.14. The molecule has 0 spiro atoms.